The van der Waals surface area contributed by atoms with Gasteiger partial charge in [-0.15, -0.1) is 0 Å². The summed E-state index contributed by atoms with van der Waals surface area (Å²) in [7, 11) is 0. The van der Waals surface area contributed by atoms with Crippen molar-refractivity contribution in [3.8, 4) is 0 Å². The van der Waals surface area contributed by atoms with Crippen LogP contribution >= 0.6 is 0 Å². The van der Waals surface area contributed by atoms with Crippen molar-refractivity contribution in [3.63, 3.8) is 0 Å². The Morgan fingerprint density at radius 2 is 2.09 bits per heavy atom. The number of aliphatic hydroxyl groups is 2. The van der Waals surface area contributed by atoms with Crippen molar-refractivity contribution in [3.05, 3.63) is 23.8 Å². The van der Waals surface area contributed by atoms with Crippen molar-refractivity contribution in [2.45, 2.75) is 58.5 Å². The Kier molecular flexibility index (Phi) is 6.77. The van der Waals surface area contributed by atoms with Gasteiger partial charge in [-0.2, -0.15) is 0 Å². The lowest BCUT2D eigenvalue weighted by atomic mass is 9.91. The Balaban J connectivity index is 2.82. The molecule has 0 bridgehead atoms. The summed E-state index contributed by atoms with van der Waals surface area (Å²) in [5.74, 6) is -1.29. The van der Waals surface area contributed by atoms with E-state index in [2.05, 4.69) is 0 Å². The van der Waals surface area contributed by atoms with Crippen LogP contribution in [-0.2, 0) is 19.1 Å². The number of carbonyl (C=O) groups is 2. The van der Waals surface area contributed by atoms with E-state index < -0.39 is 36.4 Å². The summed E-state index contributed by atoms with van der Waals surface area (Å²) in [5.41, 5.74) is 0.459. The molecule has 6 heteroatoms. The average molecular weight is 312 g/mol. The molecule has 0 saturated carbocycles. The van der Waals surface area contributed by atoms with Crippen LogP contribution in [0.15, 0.2) is 23.8 Å². The van der Waals surface area contributed by atoms with Crippen molar-refractivity contribution in [2.75, 3.05) is 0 Å². The molecule has 124 valence electrons. The van der Waals surface area contributed by atoms with Crippen molar-refractivity contribution in [1.29, 1.82) is 0 Å². The van der Waals surface area contributed by atoms with E-state index in [0.717, 1.165) is 0 Å². The van der Waals surface area contributed by atoms with Gasteiger partial charge in [0.05, 0.1) is 12.2 Å². The van der Waals surface area contributed by atoms with Gasteiger partial charge in [0.2, 0.25) is 0 Å². The highest BCUT2D eigenvalue weighted by molar-refractivity contribution is 5.88. The summed E-state index contributed by atoms with van der Waals surface area (Å²) >= 11 is 0. The van der Waals surface area contributed by atoms with Crippen LogP contribution in [0.3, 0.4) is 0 Å². The monoisotopic (exact) mass is 312 g/mol. The van der Waals surface area contributed by atoms with Gasteiger partial charge in [0, 0.05) is 11.6 Å². The Morgan fingerprint density at radius 1 is 1.45 bits per heavy atom. The fraction of sp³-hybridized carbons (Fsp3) is 0.625. The third-order valence-corrected chi connectivity index (χ3v) is 3.73. The van der Waals surface area contributed by atoms with Crippen molar-refractivity contribution >= 4 is 11.9 Å². The standard InChI is InChI=1S/C16H24O6/c1-5-9(2)16(20)21-13-6-7-14(19)22-15(13)10(3)8-12(18)11(4)17/h5-7,10-13,15,17-18H,8H2,1-4H3. The normalized spacial score (nSPS) is 26.1. The van der Waals surface area contributed by atoms with Crippen molar-refractivity contribution in [1.82, 2.24) is 0 Å². The third kappa shape index (κ3) is 4.96. The lowest BCUT2D eigenvalue weighted by Gasteiger charge is -2.32. The second-order valence-electron chi connectivity index (χ2n) is 5.62. The second kappa shape index (κ2) is 8.10. The van der Waals surface area contributed by atoms with Gasteiger partial charge in [-0.1, -0.05) is 13.0 Å². The van der Waals surface area contributed by atoms with Crippen LogP contribution < -0.4 is 0 Å². The molecule has 0 spiro atoms. The molecule has 1 aliphatic rings. The van der Waals surface area contributed by atoms with Crippen LogP contribution in [0, 0.1) is 5.92 Å². The van der Waals surface area contributed by atoms with E-state index in [1.54, 1.807) is 26.8 Å². The number of hydrogen-bond acceptors (Lipinski definition) is 6. The predicted octanol–water partition coefficient (Wildman–Crippen LogP) is 1.11. The lowest BCUT2D eigenvalue weighted by molar-refractivity contribution is -0.166. The molecule has 1 aliphatic heterocycles. The summed E-state index contributed by atoms with van der Waals surface area (Å²) in [6, 6.07) is 0. The molecule has 0 aromatic carbocycles. The molecule has 0 saturated heterocycles. The summed E-state index contributed by atoms with van der Waals surface area (Å²) in [6.07, 6.45) is 1.34. The highest BCUT2D eigenvalue weighted by Gasteiger charge is 2.35. The molecule has 1 heterocycles. The Hall–Kier alpha value is -1.66. The first-order chi connectivity index (χ1) is 10.3. The van der Waals surface area contributed by atoms with Crippen LogP contribution in [0.25, 0.3) is 0 Å². The van der Waals surface area contributed by atoms with Crippen molar-refractivity contribution < 1.29 is 29.3 Å². The van der Waals surface area contributed by atoms with E-state index in [1.165, 1.54) is 19.1 Å². The minimum atomic E-state index is -0.937. The molecule has 0 aliphatic carbocycles. The summed E-state index contributed by atoms with van der Waals surface area (Å²) in [4.78, 5) is 23.3. The number of carbonyl (C=O) groups excluding carboxylic acids is 2. The van der Waals surface area contributed by atoms with Crippen LogP contribution in [0.2, 0.25) is 0 Å². The van der Waals surface area contributed by atoms with E-state index in [1.807, 2.05) is 0 Å². The molecular weight excluding hydrogens is 288 g/mol. The minimum Gasteiger partial charge on any atom is -0.455 e. The molecule has 0 aromatic rings. The molecule has 0 amide bonds. The Labute approximate surface area is 130 Å². The van der Waals surface area contributed by atoms with E-state index in [-0.39, 0.29) is 12.3 Å². The SMILES string of the molecule is CC=C(C)C(=O)OC1C=CC(=O)OC1C(C)CC(O)C(C)O. The Morgan fingerprint density at radius 3 is 2.64 bits per heavy atom. The Bertz CT molecular complexity index is 465. The van der Waals surface area contributed by atoms with Gasteiger partial charge < -0.3 is 19.7 Å². The lowest BCUT2D eigenvalue weighted by Crippen LogP contribution is -2.42. The molecule has 1 rings (SSSR count). The van der Waals surface area contributed by atoms with Crippen LogP contribution in [0.1, 0.15) is 34.1 Å². The zero-order valence-corrected chi connectivity index (χ0v) is 13.4. The number of aliphatic hydroxyl groups excluding tert-OH is 2. The van der Waals surface area contributed by atoms with E-state index >= 15 is 0 Å². The van der Waals surface area contributed by atoms with Crippen LogP contribution in [0.5, 0.6) is 0 Å². The molecule has 0 aromatic heterocycles. The zero-order chi connectivity index (χ0) is 16.9. The van der Waals surface area contributed by atoms with E-state index in [9.17, 15) is 19.8 Å². The first kappa shape index (κ1) is 18.4. The molecule has 0 fully saturated rings. The van der Waals surface area contributed by atoms with Gasteiger partial charge >= 0.3 is 11.9 Å². The largest absolute Gasteiger partial charge is 0.455 e. The van der Waals surface area contributed by atoms with Gasteiger partial charge in [-0.05, 0) is 39.2 Å². The maximum Gasteiger partial charge on any atom is 0.334 e. The highest BCUT2D eigenvalue weighted by Crippen LogP contribution is 2.25. The molecule has 0 radical (unpaired) electrons. The minimum absolute atomic E-state index is 0.222. The van der Waals surface area contributed by atoms with Gasteiger partial charge in [0.15, 0.2) is 6.10 Å². The molecular formula is C16H24O6. The number of ether oxygens (including phenoxy) is 2. The maximum atomic E-state index is 11.9. The molecule has 2 N–H and O–H groups in total. The zero-order valence-electron chi connectivity index (χ0n) is 13.4. The van der Waals surface area contributed by atoms with E-state index in [4.69, 9.17) is 9.47 Å². The predicted molar refractivity (Wildman–Crippen MR) is 79.8 cm³/mol. The van der Waals surface area contributed by atoms with Gasteiger partial charge in [0.1, 0.15) is 6.10 Å². The summed E-state index contributed by atoms with van der Waals surface area (Å²) < 4.78 is 10.6. The fourth-order valence-corrected chi connectivity index (χ4v) is 2.12. The molecule has 5 unspecified atom stereocenters. The fourth-order valence-electron chi connectivity index (χ4n) is 2.12. The maximum absolute atomic E-state index is 11.9. The molecule has 6 nitrogen and oxygen atoms in total. The highest BCUT2D eigenvalue weighted by atomic mass is 16.6. The number of allylic oxidation sites excluding steroid dienone is 1. The number of cyclic esters (lactones) is 1. The first-order valence-electron chi connectivity index (χ1n) is 7.35. The summed E-state index contributed by atoms with van der Waals surface area (Å²) in [5, 5.41) is 19.1. The van der Waals surface area contributed by atoms with Crippen molar-refractivity contribution in [2.24, 2.45) is 5.92 Å². The number of hydrogen-bond donors (Lipinski definition) is 2. The van der Waals surface area contributed by atoms with Gasteiger partial charge in [0.25, 0.3) is 0 Å². The second-order valence-corrected chi connectivity index (χ2v) is 5.62. The quantitative estimate of drug-likeness (QED) is 0.564. The number of esters is 2. The smallest absolute Gasteiger partial charge is 0.334 e. The van der Waals surface area contributed by atoms with Crippen LogP contribution in [0.4, 0.5) is 0 Å². The third-order valence-electron chi connectivity index (χ3n) is 3.73. The van der Waals surface area contributed by atoms with Crippen LogP contribution in [-0.4, -0.2) is 46.6 Å². The average Bonchev–Trinajstić information content (AvgIpc) is 2.47. The molecule has 5 atom stereocenters. The van der Waals surface area contributed by atoms with Gasteiger partial charge in [-0.3, -0.25) is 0 Å². The molecule has 22 heavy (non-hydrogen) atoms. The van der Waals surface area contributed by atoms with E-state index in [0.29, 0.717) is 5.57 Å². The summed E-state index contributed by atoms with van der Waals surface area (Å²) in [6.45, 7) is 6.62. The van der Waals surface area contributed by atoms with Gasteiger partial charge in [-0.25, -0.2) is 9.59 Å². The number of rotatable bonds is 6. The first-order valence-corrected chi connectivity index (χ1v) is 7.35. The topological polar surface area (TPSA) is 93.1 Å².